The van der Waals surface area contributed by atoms with Crippen molar-refractivity contribution in [1.82, 2.24) is 31.9 Å². The minimum absolute atomic E-state index is 0.555. The lowest BCUT2D eigenvalue weighted by molar-refractivity contribution is -0.313. The van der Waals surface area contributed by atoms with Gasteiger partial charge in [0.25, 0.3) is 0 Å². The number of rotatable bonds is 22. The Labute approximate surface area is 602 Å². The molecule has 0 aromatic heterocycles. The molecule has 39 nitrogen and oxygen atoms in total. The molecule has 0 bridgehead atoms. The van der Waals surface area contributed by atoms with Gasteiger partial charge in [0, 0.05) is 46.5 Å². The maximum Gasteiger partial charge on any atom is 0.408 e. The number of esters is 6. The fourth-order valence-electron chi connectivity index (χ4n) is 10.9. The van der Waals surface area contributed by atoms with Crippen LogP contribution in [-0.2, 0) is 114 Å². The summed E-state index contributed by atoms with van der Waals surface area (Å²) in [5.41, 5.74) is 3.17. The van der Waals surface area contributed by atoms with Crippen LogP contribution in [-0.4, -0.2) is 242 Å². The lowest BCUT2D eigenvalue weighted by Crippen LogP contribution is -2.71. The zero-order valence-electron chi connectivity index (χ0n) is 63.4. The highest BCUT2D eigenvalue weighted by molar-refractivity contribution is 5.73. The largest absolute Gasteiger partial charge is 0.463 e. The Morgan fingerprint density at radius 2 is 0.692 bits per heavy atom. The average Bonchev–Trinajstić information content (AvgIpc) is 1.19. The maximum absolute atomic E-state index is 14.4. The minimum Gasteiger partial charge on any atom is -0.463 e. The third-order valence-electron chi connectivity index (χ3n) is 14.0. The SMILES string of the molecule is CC(=O)OC[C@H]1O[C@@H](O[C@@H]2[C@@H](OC(C)=O)[C@H](NC(=O)OC(C)(C)C)C[C@H](NC(=O)OC(C)(C)C)[C@H]2O[C@H]2O[C@H](CNC(=O)OC(C)(C)C)[C@@H](OC(C)=O)[C@H](OC(C)=O)[C@H]2NC(=O)OC(C)(C)C)[C@H](OC(C)=O)[C@@H]1O[C@H]1O[C@@H](CNC(=O)OC(C)(C)C)[C@@H](OC(C)=O)[C@H](N=[N+]=[N-])[C@H]1NC(=O)OC(C)(C)C. The number of nitrogens with one attached hydrogen (secondary N) is 6. The van der Waals surface area contributed by atoms with Gasteiger partial charge < -0.3 is 117 Å². The van der Waals surface area contributed by atoms with Crippen molar-refractivity contribution in [2.75, 3.05) is 19.7 Å². The molecule has 1 saturated carbocycles. The van der Waals surface area contributed by atoms with E-state index in [0.717, 1.165) is 41.5 Å². The van der Waals surface area contributed by atoms with E-state index < -0.39 is 248 Å². The van der Waals surface area contributed by atoms with E-state index in [1.165, 1.54) is 62.3 Å². The fourth-order valence-corrected chi connectivity index (χ4v) is 10.9. The van der Waals surface area contributed by atoms with Gasteiger partial charge in [0.05, 0.1) is 31.2 Å². The van der Waals surface area contributed by atoms with Crippen molar-refractivity contribution in [3.8, 4) is 0 Å². The zero-order valence-corrected chi connectivity index (χ0v) is 63.4. The molecule has 4 fully saturated rings. The molecule has 590 valence electrons. The zero-order chi connectivity index (χ0) is 79.1. The summed E-state index contributed by atoms with van der Waals surface area (Å²) in [5.74, 6) is -6.10. The average molecular weight is 1490 g/mol. The molecule has 3 saturated heterocycles. The molecule has 6 amide bonds. The predicted octanol–water partition coefficient (Wildman–Crippen LogP) is 5.24. The number of carbonyl (C=O) groups is 12. The summed E-state index contributed by atoms with van der Waals surface area (Å²) < 4.78 is 109. The molecule has 0 aromatic carbocycles. The van der Waals surface area contributed by atoms with Gasteiger partial charge in [0.15, 0.2) is 43.3 Å². The first kappa shape index (κ1) is 87.9. The molecule has 19 atom stereocenters. The lowest BCUT2D eigenvalue weighted by Gasteiger charge is -2.50. The highest BCUT2D eigenvalue weighted by Crippen LogP contribution is 2.40. The summed E-state index contributed by atoms with van der Waals surface area (Å²) in [7, 11) is 0. The van der Waals surface area contributed by atoms with Crippen LogP contribution < -0.4 is 31.9 Å². The molecule has 3 heterocycles. The van der Waals surface area contributed by atoms with Crippen LogP contribution in [0.5, 0.6) is 0 Å². The molecule has 3 aliphatic heterocycles. The molecule has 4 rings (SSSR count). The van der Waals surface area contributed by atoms with Crippen molar-refractivity contribution < 1.29 is 143 Å². The summed E-state index contributed by atoms with van der Waals surface area (Å²) in [5, 5.41) is 19.4. The molecule has 0 radical (unpaired) electrons. The van der Waals surface area contributed by atoms with E-state index in [-0.39, 0.29) is 0 Å². The van der Waals surface area contributed by atoms with Gasteiger partial charge in [0.1, 0.15) is 95.0 Å². The van der Waals surface area contributed by atoms with Crippen molar-refractivity contribution in [2.24, 2.45) is 5.11 Å². The predicted molar refractivity (Wildman–Crippen MR) is 354 cm³/mol. The summed E-state index contributed by atoms with van der Waals surface area (Å²) in [6, 6.07) is -8.70. The minimum atomic E-state index is -2.18. The van der Waals surface area contributed by atoms with Crippen molar-refractivity contribution >= 4 is 72.4 Å². The van der Waals surface area contributed by atoms with Gasteiger partial charge in [-0.15, -0.1) is 0 Å². The number of carbonyl (C=O) groups excluding carboxylic acids is 12. The van der Waals surface area contributed by atoms with Crippen molar-refractivity contribution in [3.63, 3.8) is 0 Å². The summed E-state index contributed by atoms with van der Waals surface area (Å²) in [6.45, 7) is 31.6. The van der Waals surface area contributed by atoms with E-state index in [4.69, 9.17) is 85.3 Å². The monoisotopic (exact) mass is 1490 g/mol. The molecule has 0 unspecified atom stereocenters. The van der Waals surface area contributed by atoms with Crippen LogP contribution in [0.2, 0.25) is 0 Å². The van der Waals surface area contributed by atoms with Gasteiger partial charge >= 0.3 is 72.4 Å². The fraction of sp³-hybridized carbons (Fsp3) is 0.815. The Hall–Kier alpha value is -8.49. The molecular weight excluding hydrogens is 1390 g/mol. The van der Waals surface area contributed by atoms with Crippen LogP contribution in [0.3, 0.4) is 0 Å². The number of alkyl carbamates (subject to hydrolysis) is 6. The number of hydrogen-bond acceptors (Lipinski definition) is 31. The Morgan fingerprint density at radius 3 is 1.11 bits per heavy atom. The molecular formula is C65H105N9O30. The first-order valence-corrected chi connectivity index (χ1v) is 33.5. The van der Waals surface area contributed by atoms with E-state index in [1.54, 1.807) is 62.3 Å². The second kappa shape index (κ2) is 36.5. The van der Waals surface area contributed by atoms with E-state index in [1.807, 2.05) is 0 Å². The topological polar surface area (TPSA) is 492 Å². The number of amides is 6. The highest BCUT2D eigenvalue weighted by atomic mass is 16.8. The van der Waals surface area contributed by atoms with Gasteiger partial charge in [-0.3, -0.25) is 28.8 Å². The number of hydrogen-bond donors (Lipinski definition) is 6. The third kappa shape index (κ3) is 29.9. The van der Waals surface area contributed by atoms with Crippen LogP contribution in [0.25, 0.3) is 10.4 Å². The second-order valence-electron chi connectivity index (χ2n) is 30.6. The number of ether oxygens (including phenoxy) is 18. The molecule has 1 aliphatic carbocycles. The summed E-state index contributed by atoms with van der Waals surface area (Å²) >= 11 is 0. The molecule has 4 aliphatic rings. The standard InChI is InChI=1S/C65H105N9O30/c1-29(75)87-28-39-47(97-51-41(71-58(85)103-64(19,20)21)40(73-74-66)45(89-31(3)77)37(93-51)26-67-54(81)99-60(7,8)9)50(92-34(6)80)53(95-39)98-49-43(88-30(2)76)35(69-56(83)101-62(13,14)15)25-36(70-57(84)102-63(16,17)18)44(49)96-52-42(72-59(86)104-65(22,23)24)48(91-33(5)79)46(90-32(4)78)38(94-52)27-68-55(82)100-61(10,11)12/h35-53H,25-28H2,1-24H3,(H,67,81)(H,68,82)(H,69,83)(H,70,84)(H,71,85)(H,72,86)/t35-,36+,37+,38-,39-,40-,41-,42-,43+,44-,45-,46-,47-,48-,49-,50-,51-,52-,53+/m1/s1. The van der Waals surface area contributed by atoms with Crippen molar-refractivity contribution in [1.29, 1.82) is 0 Å². The van der Waals surface area contributed by atoms with Crippen LogP contribution in [0.4, 0.5) is 28.8 Å². The lowest BCUT2D eigenvalue weighted by atomic mass is 9.83. The summed E-state index contributed by atoms with van der Waals surface area (Å²) in [4.78, 5) is 166. The number of nitrogens with zero attached hydrogens (tertiary/aromatic N) is 3. The Morgan fingerprint density at radius 1 is 0.365 bits per heavy atom. The van der Waals surface area contributed by atoms with Crippen LogP contribution >= 0.6 is 0 Å². The summed E-state index contributed by atoms with van der Waals surface area (Å²) in [6.07, 6.45) is -34.0. The van der Waals surface area contributed by atoms with E-state index in [0.29, 0.717) is 0 Å². The molecule has 0 aromatic rings. The first-order chi connectivity index (χ1) is 47.6. The second-order valence-corrected chi connectivity index (χ2v) is 30.6. The van der Waals surface area contributed by atoms with Gasteiger partial charge in [0.2, 0.25) is 0 Å². The first-order valence-electron chi connectivity index (χ1n) is 33.5. The van der Waals surface area contributed by atoms with Crippen molar-refractivity contribution in [3.05, 3.63) is 10.4 Å². The van der Waals surface area contributed by atoms with Gasteiger partial charge in [-0.2, -0.15) is 0 Å². The van der Waals surface area contributed by atoms with Gasteiger partial charge in [-0.1, -0.05) is 5.11 Å². The van der Waals surface area contributed by atoms with Gasteiger partial charge in [-0.25, -0.2) is 28.8 Å². The highest BCUT2D eigenvalue weighted by Gasteiger charge is 2.61. The molecule has 39 heteroatoms. The van der Waals surface area contributed by atoms with Gasteiger partial charge in [-0.05, 0) is 137 Å². The normalized spacial score (nSPS) is 28.6. The van der Waals surface area contributed by atoms with Crippen LogP contribution in [0, 0.1) is 0 Å². The molecule has 104 heavy (non-hydrogen) atoms. The Balaban J connectivity index is 2.19. The van der Waals surface area contributed by atoms with Crippen LogP contribution in [0.1, 0.15) is 173 Å². The maximum atomic E-state index is 14.4. The molecule has 0 spiro atoms. The van der Waals surface area contributed by atoms with Crippen LogP contribution in [0.15, 0.2) is 5.11 Å². The Kier molecular flexibility index (Phi) is 30.8. The number of azide groups is 1. The smallest absolute Gasteiger partial charge is 0.408 e. The van der Waals surface area contributed by atoms with E-state index >= 15 is 0 Å². The quantitative estimate of drug-likeness (QED) is 0.0265. The van der Waals surface area contributed by atoms with E-state index in [2.05, 4.69) is 41.9 Å². The molecule has 6 N–H and O–H groups in total. The van der Waals surface area contributed by atoms with E-state index in [9.17, 15) is 63.1 Å². The van der Waals surface area contributed by atoms with Crippen molar-refractivity contribution in [2.45, 2.75) is 322 Å². The Bertz CT molecular complexity index is 3090. The third-order valence-corrected chi connectivity index (χ3v) is 14.0.